The Hall–Kier alpha value is -1.22. The molecule has 1 aromatic rings. The first-order valence-corrected chi connectivity index (χ1v) is 6.86. The quantitative estimate of drug-likeness (QED) is 0.837. The zero-order valence-electron chi connectivity index (χ0n) is 11.0. The molecule has 2 saturated carbocycles. The van der Waals surface area contributed by atoms with Crippen molar-refractivity contribution in [2.45, 2.75) is 25.7 Å². The molecule has 3 rings (SSSR count). The molecule has 3 unspecified atom stereocenters. The van der Waals surface area contributed by atoms with Crippen molar-refractivity contribution < 1.29 is 4.79 Å². The number of fused-ring (bicyclic) bond motifs is 2. The zero-order chi connectivity index (χ0) is 12.5. The first-order chi connectivity index (χ1) is 8.74. The van der Waals surface area contributed by atoms with Gasteiger partial charge in [0.05, 0.1) is 5.56 Å². The third-order valence-corrected chi connectivity index (χ3v) is 4.61. The second kappa shape index (κ2) is 5.83. The van der Waals surface area contributed by atoms with Crippen LogP contribution in [0.4, 0.5) is 5.69 Å². The molecule has 0 spiro atoms. The third-order valence-electron chi connectivity index (χ3n) is 4.61. The zero-order valence-corrected chi connectivity index (χ0v) is 11.8. The summed E-state index contributed by atoms with van der Waals surface area (Å²) in [7, 11) is 0. The monoisotopic (exact) mass is 280 g/mol. The van der Waals surface area contributed by atoms with Gasteiger partial charge < -0.3 is 11.1 Å². The number of benzene rings is 1. The number of rotatable bonds is 3. The molecule has 0 aromatic heterocycles. The smallest absolute Gasteiger partial charge is 0.253 e. The second-order valence-corrected chi connectivity index (χ2v) is 5.73. The van der Waals surface area contributed by atoms with Gasteiger partial charge in [0.2, 0.25) is 0 Å². The van der Waals surface area contributed by atoms with Gasteiger partial charge in [0.1, 0.15) is 0 Å². The lowest BCUT2D eigenvalue weighted by atomic mass is 9.89. The van der Waals surface area contributed by atoms with E-state index in [9.17, 15) is 4.79 Å². The van der Waals surface area contributed by atoms with Crippen molar-refractivity contribution in [3.8, 4) is 0 Å². The second-order valence-electron chi connectivity index (χ2n) is 5.73. The first kappa shape index (κ1) is 14.2. The van der Waals surface area contributed by atoms with Gasteiger partial charge in [0.25, 0.3) is 5.91 Å². The molecular formula is C15H21ClN2O. The van der Waals surface area contributed by atoms with Crippen LogP contribution >= 0.6 is 12.4 Å². The molecule has 0 heterocycles. The molecule has 1 aromatic carbocycles. The van der Waals surface area contributed by atoms with E-state index in [0.717, 1.165) is 18.4 Å². The largest absolute Gasteiger partial charge is 0.398 e. The van der Waals surface area contributed by atoms with Crippen molar-refractivity contribution in [1.29, 1.82) is 0 Å². The van der Waals surface area contributed by atoms with E-state index >= 15 is 0 Å². The molecule has 0 radical (unpaired) electrons. The number of para-hydroxylation sites is 1. The Balaban J connectivity index is 0.00000133. The topological polar surface area (TPSA) is 55.1 Å². The maximum absolute atomic E-state index is 12.0. The van der Waals surface area contributed by atoms with Crippen LogP contribution in [0.25, 0.3) is 0 Å². The van der Waals surface area contributed by atoms with Crippen LogP contribution in [0, 0.1) is 17.8 Å². The highest BCUT2D eigenvalue weighted by Gasteiger charge is 2.39. The number of amides is 1. The van der Waals surface area contributed by atoms with Gasteiger partial charge in [-0.25, -0.2) is 0 Å². The Labute approximate surface area is 120 Å². The number of nitrogens with two attached hydrogens (primary N) is 1. The van der Waals surface area contributed by atoms with Crippen molar-refractivity contribution in [1.82, 2.24) is 5.32 Å². The number of halogens is 1. The highest BCUT2D eigenvalue weighted by atomic mass is 35.5. The Morgan fingerprint density at radius 1 is 1.26 bits per heavy atom. The summed E-state index contributed by atoms with van der Waals surface area (Å²) in [6, 6.07) is 7.25. The lowest BCUT2D eigenvalue weighted by Gasteiger charge is -2.21. The summed E-state index contributed by atoms with van der Waals surface area (Å²) in [4.78, 5) is 12.0. The number of carbonyl (C=O) groups is 1. The van der Waals surface area contributed by atoms with Crippen molar-refractivity contribution >= 4 is 24.0 Å². The van der Waals surface area contributed by atoms with Crippen LogP contribution in [0.3, 0.4) is 0 Å². The molecule has 4 heteroatoms. The maximum Gasteiger partial charge on any atom is 0.253 e. The van der Waals surface area contributed by atoms with E-state index in [1.807, 2.05) is 12.1 Å². The summed E-state index contributed by atoms with van der Waals surface area (Å²) in [5.74, 6) is 2.44. The van der Waals surface area contributed by atoms with Crippen LogP contribution in [0.5, 0.6) is 0 Å². The molecule has 3 N–H and O–H groups in total. The number of anilines is 1. The van der Waals surface area contributed by atoms with E-state index in [1.54, 1.807) is 12.1 Å². The number of nitrogens with one attached hydrogen (secondary N) is 1. The standard InChI is InChI=1S/C15H20N2O.ClH/c16-14-4-2-1-3-13(14)15(18)17-9-12-8-10-5-6-11(12)7-10;/h1-4,10-12H,5-9,16H2,(H,17,18);1H. The van der Waals surface area contributed by atoms with Gasteiger partial charge >= 0.3 is 0 Å². The van der Waals surface area contributed by atoms with E-state index in [0.29, 0.717) is 17.2 Å². The van der Waals surface area contributed by atoms with E-state index in [-0.39, 0.29) is 18.3 Å². The lowest BCUT2D eigenvalue weighted by molar-refractivity contribution is 0.0942. The molecule has 2 bridgehead atoms. The van der Waals surface area contributed by atoms with Crippen molar-refractivity contribution in [3.05, 3.63) is 29.8 Å². The minimum Gasteiger partial charge on any atom is -0.398 e. The summed E-state index contributed by atoms with van der Waals surface area (Å²) < 4.78 is 0. The van der Waals surface area contributed by atoms with Gasteiger partial charge in [0, 0.05) is 12.2 Å². The molecule has 2 fully saturated rings. The molecule has 3 nitrogen and oxygen atoms in total. The van der Waals surface area contributed by atoms with E-state index in [4.69, 9.17) is 5.73 Å². The number of carbonyl (C=O) groups excluding carboxylic acids is 1. The normalized spacial score (nSPS) is 27.9. The van der Waals surface area contributed by atoms with Crippen LogP contribution in [-0.4, -0.2) is 12.5 Å². The first-order valence-electron chi connectivity index (χ1n) is 6.86. The van der Waals surface area contributed by atoms with Crippen LogP contribution < -0.4 is 11.1 Å². The average molecular weight is 281 g/mol. The third kappa shape index (κ3) is 2.86. The van der Waals surface area contributed by atoms with Crippen LogP contribution in [0.1, 0.15) is 36.0 Å². The highest BCUT2D eigenvalue weighted by molar-refractivity contribution is 5.99. The predicted molar refractivity (Wildman–Crippen MR) is 79.4 cm³/mol. The van der Waals surface area contributed by atoms with E-state index < -0.39 is 0 Å². The van der Waals surface area contributed by atoms with Crippen LogP contribution in [-0.2, 0) is 0 Å². The van der Waals surface area contributed by atoms with E-state index in [1.165, 1.54) is 25.7 Å². The molecular weight excluding hydrogens is 260 g/mol. The van der Waals surface area contributed by atoms with Gasteiger partial charge in [-0.15, -0.1) is 12.4 Å². The average Bonchev–Trinajstić information content (AvgIpc) is 2.98. The summed E-state index contributed by atoms with van der Waals surface area (Å²) in [5, 5.41) is 3.05. The van der Waals surface area contributed by atoms with Crippen LogP contribution in [0.2, 0.25) is 0 Å². The van der Waals surface area contributed by atoms with Gasteiger partial charge in [-0.05, 0) is 49.1 Å². The fourth-order valence-electron chi connectivity index (χ4n) is 3.65. The van der Waals surface area contributed by atoms with Gasteiger partial charge in [-0.2, -0.15) is 0 Å². The Bertz CT molecular complexity index is 463. The molecule has 3 atom stereocenters. The molecule has 104 valence electrons. The Morgan fingerprint density at radius 3 is 2.68 bits per heavy atom. The summed E-state index contributed by atoms with van der Waals surface area (Å²) in [6.45, 7) is 0.814. The SMILES string of the molecule is Cl.Nc1ccccc1C(=O)NCC1CC2CCC1C2. The fraction of sp³-hybridized carbons (Fsp3) is 0.533. The number of hydrogen-bond acceptors (Lipinski definition) is 2. The Kier molecular flexibility index (Phi) is 4.35. The predicted octanol–water partition coefficient (Wildman–Crippen LogP) is 2.86. The summed E-state index contributed by atoms with van der Waals surface area (Å²) >= 11 is 0. The van der Waals surface area contributed by atoms with Crippen molar-refractivity contribution in [2.24, 2.45) is 17.8 Å². The summed E-state index contributed by atoms with van der Waals surface area (Å²) in [5.41, 5.74) is 6.96. The number of hydrogen-bond donors (Lipinski definition) is 2. The van der Waals surface area contributed by atoms with Crippen molar-refractivity contribution in [2.75, 3.05) is 12.3 Å². The minimum absolute atomic E-state index is 0. The van der Waals surface area contributed by atoms with Gasteiger partial charge in [-0.3, -0.25) is 4.79 Å². The molecule has 19 heavy (non-hydrogen) atoms. The summed E-state index contributed by atoms with van der Waals surface area (Å²) in [6.07, 6.45) is 5.45. The van der Waals surface area contributed by atoms with Crippen molar-refractivity contribution in [3.63, 3.8) is 0 Å². The van der Waals surface area contributed by atoms with E-state index in [2.05, 4.69) is 5.32 Å². The molecule has 0 aliphatic heterocycles. The van der Waals surface area contributed by atoms with Gasteiger partial charge in [-0.1, -0.05) is 18.6 Å². The van der Waals surface area contributed by atoms with Crippen LogP contribution in [0.15, 0.2) is 24.3 Å². The fourth-order valence-corrected chi connectivity index (χ4v) is 3.65. The number of nitrogen functional groups attached to an aromatic ring is 1. The highest BCUT2D eigenvalue weighted by Crippen LogP contribution is 2.47. The van der Waals surface area contributed by atoms with Gasteiger partial charge in [0.15, 0.2) is 0 Å². The Morgan fingerprint density at radius 2 is 2.05 bits per heavy atom. The molecule has 1 amide bonds. The molecule has 2 aliphatic carbocycles. The minimum atomic E-state index is -0.0316. The maximum atomic E-state index is 12.0. The molecule has 0 saturated heterocycles. The molecule has 2 aliphatic rings. The lowest BCUT2D eigenvalue weighted by Crippen LogP contribution is -2.31.